The summed E-state index contributed by atoms with van der Waals surface area (Å²) in [6, 6.07) is 0. The highest BCUT2D eigenvalue weighted by Gasteiger charge is 2.27. The number of ether oxygens (including phenoxy) is 1. The van der Waals surface area contributed by atoms with Gasteiger partial charge < -0.3 is 4.74 Å². The summed E-state index contributed by atoms with van der Waals surface area (Å²) in [5.41, 5.74) is 0.613. The van der Waals surface area contributed by atoms with Gasteiger partial charge in [0.05, 0.1) is 12.7 Å². The normalized spacial score (nSPS) is 15.6. The molecule has 14 heavy (non-hydrogen) atoms. The molecule has 76 valence electrons. The molecular weight excluding hydrogens is 180 g/mol. The van der Waals surface area contributed by atoms with Crippen molar-refractivity contribution in [3.63, 3.8) is 0 Å². The van der Waals surface area contributed by atoms with Crippen molar-refractivity contribution >= 4 is 5.78 Å². The van der Waals surface area contributed by atoms with E-state index in [1.807, 2.05) is 0 Å². The van der Waals surface area contributed by atoms with E-state index in [1.54, 1.807) is 17.9 Å². The molecule has 0 radical (unpaired) electrons. The van der Waals surface area contributed by atoms with Crippen molar-refractivity contribution in [3.05, 3.63) is 11.8 Å². The summed E-state index contributed by atoms with van der Waals surface area (Å²) in [6.07, 6.45) is 4.74. The van der Waals surface area contributed by atoms with Gasteiger partial charge in [-0.15, -0.1) is 5.10 Å². The number of carbonyl (C=O) groups is 1. The molecule has 1 heterocycles. The van der Waals surface area contributed by atoms with Crippen molar-refractivity contribution in [1.82, 2.24) is 9.78 Å². The second-order valence-electron chi connectivity index (χ2n) is 3.80. The quantitative estimate of drug-likeness (QED) is 0.681. The van der Waals surface area contributed by atoms with Crippen LogP contribution in [0.3, 0.4) is 0 Å². The van der Waals surface area contributed by atoms with Crippen LogP contribution in [0.1, 0.15) is 29.6 Å². The minimum atomic E-state index is 0.150. The SMILES string of the molecule is COc1nn(C)cc1C(=O)CC1CC1. The first-order chi connectivity index (χ1) is 6.70. The van der Waals surface area contributed by atoms with Gasteiger partial charge in [-0.1, -0.05) is 0 Å². The van der Waals surface area contributed by atoms with E-state index in [4.69, 9.17) is 4.74 Å². The lowest BCUT2D eigenvalue weighted by Gasteiger charge is -1.98. The Morgan fingerprint density at radius 3 is 3.00 bits per heavy atom. The first-order valence-corrected chi connectivity index (χ1v) is 4.81. The van der Waals surface area contributed by atoms with Crippen molar-refractivity contribution in [1.29, 1.82) is 0 Å². The summed E-state index contributed by atoms with van der Waals surface area (Å²) in [7, 11) is 3.33. The lowest BCUT2D eigenvalue weighted by atomic mass is 10.1. The Morgan fingerprint density at radius 2 is 2.43 bits per heavy atom. The molecule has 1 aliphatic carbocycles. The number of aromatic nitrogens is 2. The van der Waals surface area contributed by atoms with Crippen molar-refractivity contribution in [3.8, 4) is 5.88 Å². The molecule has 0 bridgehead atoms. The lowest BCUT2D eigenvalue weighted by molar-refractivity contribution is 0.0973. The molecule has 1 aromatic rings. The molecule has 1 aliphatic rings. The van der Waals surface area contributed by atoms with E-state index in [-0.39, 0.29) is 5.78 Å². The Morgan fingerprint density at radius 1 is 1.71 bits per heavy atom. The maximum absolute atomic E-state index is 11.8. The van der Waals surface area contributed by atoms with Gasteiger partial charge >= 0.3 is 0 Å². The molecule has 1 aromatic heterocycles. The topological polar surface area (TPSA) is 44.1 Å². The van der Waals surface area contributed by atoms with Crippen molar-refractivity contribution in [2.75, 3.05) is 7.11 Å². The molecule has 0 aromatic carbocycles. The van der Waals surface area contributed by atoms with Crippen LogP contribution < -0.4 is 4.74 Å². The zero-order valence-corrected chi connectivity index (χ0v) is 8.49. The summed E-state index contributed by atoms with van der Waals surface area (Å²) >= 11 is 0. The Kier molecular flexibility index (Phi) is 2.27. The maximum Gasteiger partial charge on any atom is 0.243 e. The number of hydrogen-bond donors (Lipinski definition) is 0. The number of aryl methyl sites for hydroxylation is 1. The molecule has 1 saturated carbocycles. The van der Waals surface area contributed by atoms with Crippen molar-refractivity contribution in [2.45, 2.75) is 19.3 Å². The zero-order valence-electron chi connectivity index (χ0n) is 8.49. The van der Waals surface area contributed by atoms with Gasteiger partial charge in [0, 0.05) is 19.7 Å². The predicted octanol–water partition coefficient (Wildman–Crippen LogP) is 1.41. The van der Waals surface area contributed by atoms with Crippen LogP contribution in [0.15, 0.2) is 6.20 Å². The van der Waals surface area contributed by atoms with E-state index >= 15 is 0 Å². The number of hydrogen-bond acceptors (Lipinski definition) is 3. The third kappa shape index (κ3) is 1.78. The Balaban J connectivity index is 2.15. The van der Waals surface area contributed by atoms with E-state index in [2.05, 4.69) is 5.10 Å². The minimum Gasteiger partial charge on any atom is -0.479 e. The molecule has 0 aliphatic heterocycles. The number of rotatable bonds is 4. The highest BCUT2D eigenvalue weighted by molar-refractivity contribution is 5.98. The Labute approximate surface area is 82.9 Å². The molecule has 0 spiro atoms. The maximum atomic E-state index is 11.8. The molecule has 2 rings (SSSR count). The van der Waals surface area contributed by atoms with E-state index in [0.29, 0.717) is 23.8 Å². The first-order valence-electron chi connectivity index (χ1n) is 4.81. The number of methoxy groups -OCH3 is 1. The van der Waals surface area contributed by atoms with Crippen LogP contribution in [0.4, 0.5) is 0 Å². The first kappa shape index (κ1) is 9.24. The zero-order chi connectivity index (χ0) is 10.1. The molecule has 1 fully saturated rings. The van der Waals surface area contributed by atoms with Crippen molar-refractivity contribution in [2.24, 2.45) is 13.0 Å². The third-order valence-corrected chi connectivity index (χ3v) is 2.46. The number of Topliss-reactive ketones (excluding diaryl/α,β-unsaturated/α-hetero) is 1. The van der Waals surface area contributed by atoms with Crippen LogP contribution in [0, 0.1) is 5.92 Å². The second-order valence-corrected chi connectivity index (χ2v) is 3.80. The minimum absolute atomic E-state index is 0.150. The van der Waals surface area contributed by atoms with Gasteiger partial charge in [-0.05, 0) is 18.8 Å². The number of ketones is 1. The number of nitrogens with zero attached hydrogens (tertiary/aromatic N) is 2. The van der Waals surface area contributed by atoms with Crippen molar-refractivity contribution < 1.29 is 9.53 Å². The van der Waals surface area contributed by atoms with Crippen LogP contribution >= 0.6 is 0 Å². The smallest absolute Gasteiger partial charge is 0.243 e. The Bertz CT molecular complexity index is 353. The highest BCUT2D eigenvalue weighted by atomic mass is 16.5. The van der Waals surface area contributed by atoms with E-state index in [0.717, 1.165) is 0 Å². The standard InChI is InChI=1S/C10H14N2O2/c1-12-6-8(10(11-12)14-2)9(13)5-7-3-4-7/h6-7H,3-5H2,1-2H3. The molecule has 4 nitrogen and oxygen atoms in total. The third-order valence-electron chi connectivity index (χ3n) is 2.46. The van der Waals surface area contributed by atoms with Crippen LogP contribution in [-0.2, 0) is 7.05 Å². The molecule has 0 unspecified atom stereocenters. The van der Waals surface area contributed by atoms with Gasteiger partial charge in [0.25, 0.3) is 0 Å². The van der Waals surface area contributed by atoms with Crippen LogP contribution in [0.2, 0.25) is 0 Å². The Hall–Kier alpha value is -1.32. The summed E-state index contributed by atoms with van der Waals surface area (Å²) in [6.45, 7) is 0. The van der Waals surface area contributed by atoms with Crippen LogP contribution in [-0.4, -0.2) is 22.7 Å². The summed E-state index contributed by atoms with van der Waals surface area (Å²) in [5, 5.41) is 4.05. The summed E-state index contributed by atoms with van der Waals surface area (Å²) < 4.78 is 6.65. The van der Waals surface area contributed by atoms with Gasteiger partial charge in [0.15, 0.2) is 5.78 Å². The molecule has 0 atom stereocenters. The summed E-state index contributed by atoms with van der Waals surface area (Å²) in [4.78, 5) is 11.8. The fourth-order valence-corrected chi connectivity index (χ4v) is 1.50. The monoisotopic (exact) mass is 194 g/mol. The average molecular weight is 194 g/mol. The van der Waals surface area contributed by atoms with E-state index in [1.165, 1.54) is 20.0 Å². The largest absolute Gasteiger partial charge is 0.479 e. The van der Waals surface area contributed by atoms with Gasteiger partial charge in [-0.3, -0.25) is 9.48 Å². The molecule has 4 heteroatoms. The van der Waals surface area contributed by atoms with Gasteiger partial charge in [0.2, 0.25) is 5.88 Å². The molecular formula is C10H14N2O2. The van der Waals surface area contributed by atoms with E-state index < -0.39 is 0 Å². The van der Waals surface area contributed by atoms with Gasteiger partial charge in [-0.25, -0.2) is 0 Å². The molecule has 0 N–H and O–H groups in total. The predicted molar refractivity (Wildman–Crippen MR) is 51.4 cm³/mol. The molecule has 0 amide bonds. The van der Waals surface area contributed by atoms with E-state index in [9.17, 15) is 4.79 Å². The lowest BCUT2D eigenvalue weighted by Crippen LogP contribution is -2.01. The fraction of sp³-hybridized carbons (Fsp3) is 0.600. The summed E-state index contributed by atoms with van der Waals surface area (Å²) in [5.74, 6) is 1.20. The number of carbonyl (C=O) groups excluding carboxylic acids is 1. The van der Waals surface area contributed by atoms with Crippen LogP contribution in [0.5, 0.6) is 5.88 Å². The highest BCUT2D eigenvalue weighted by Crippen LogP contribution is 2.34. The molecule has 0 saturated heterocycles. The van der Waals surface area contributed by atoms with Gasteiger partial charge in [-0.2, -0.15) is 0 Å². The van der Waals surface area contributed by atoms with Crippen LogP contribution in [0.25, 0.3) is 0 Å². The fourth-order valence-electron chi connectivity index (χ4n) is 1.50. The average Bonchev–Trinajstić information content (AvgIpc) is 2.87. The second kappa shape index (κ2) is 3.44. The van der Waals surface area contributed by atoms with Gasteiger partial charge in [0.1, 0.15) is 0 Å².